The highest BCUT2D eigenvalue weighted by Crippen LogP contribution is 2.48. The van der Waals surface area contributed by atoms with Gasteiger partial charge in [0.2, 0.25) is 5.91 Å². The number of benzene rings is 3. The number of carboxylic acids is 1. The molecule has 0 fully saturated rings. The molecule has 10 heteroatoms. The number of carbonyl (C=O) groups excluding carboxylic acids is 2. The molecule has 1 amide bonds. The van der Waals surface area contributed by atoms with Gasteiger partial charge in [-0.25, -0.2) is 0 Å². The number of para-hydroxylation sites is 2. The summed E-state index contributed by atoms with van der Waals surface area (Å²) in [4.78, 5) is 40.4. The number of methoxy groups -OCH3 is 1. The Morgan fingerprint density at radius 1 is 0.951 bits per heavy atom. The van der Waals surface area contributed by atoms with Gasteiger partial charge in [0.15, 0.2) is 5.78 Å². The van der Waals surface area contributed by atoms with Gasteiger partial charge in [0, 0.05) is 24.1 Å². The maximum Gasteiger partial charge on any atom is 0.416 e. The Labute approximate surface area is 234 Å². The number of fused-ring (bicyclic) bond motifs is 1. The van der Waals surface area contributed by atoms with Crippen molar-refractivity contribution in [1.29, 1.82) is 0 Å². The second kappa shape index (κ2) is 11.1. The van der Waals surface area contributed by atoms with Gasteiger partial charge in [-0.2, -0.15) is 13.2 Å². The highest BCUT2D eigenvalue weighted by atomic mass is 19.4. The molecular formula is C31H27F3N2O5. The van der Waals surface area contributed by atoms with Gasteiger partial charge in [0.1, 0.15) is 5.75 Å². The van der Waals surface area contributed by atoms with Crippen LogP contribution in [0.1, 0.15) is 54.3 Å². The number of hydrogen-bond donors (Lipinski definition) is 2. The van der Waals surface area contributed by atoms with Gasteiger partial charge in [-0.3, -0.25) is 19.3 Å². The number of nitrogens with zero attached hydrogens (tertiary/aromatic N) is 1. The zero-order chi connectivity index (χ0) is 29.3. The molecule has 2 aliphatic rings. The van der Waals surface area contributed by atoms with Gasteiger partial charge >= 0.3 is 12.1 Å². The molecule has 7 nitrogen and oxygen atoms in total. The summed E-state index contributed by atoms with van der Waals surface area (Å²) in [5, 5.41) is 12.6. The predicted molar refractivity (Wildman–Crippen MR) is 146 cm³/mol. The zero-order valence-electron chi connectivity index (χ0n) is 22.1. The monoisotopic (exact) mass is 564 g/mol. The van der Waals surface area contributed by atoms with Crippen molar-refractivity contribution in [2.45, 2.75) is 43.8 Å². The second-order valence-corrected chi connectivity index (χ2v) is 10.0. The Balaban J connectivity index is 1.63. The molecule has 3 aromatic rings. The molecule has 2 atom stereocenters. The quantitative estimate of drug-likeness (QED) is 0.356. The molecule has 0 unspecified atom stereocenters. The minimum atomic E-state index is -4.47. The van der Waals surface area contributed by atoms with E-state index >= 15 is 0 Å². The number of amides is 1. The third kappa shape index (κ3) is 5.68. The van der Waals surface area contributed by atoms with Crippen molar-refractivity contribution in [2.75, 3.05) is 17.3 Å². The van der Waals surface area contributed by atoms with Crippen LogP contribution in [0.2, 0.25) is 0 Å². The molecule has 0 aromatic heterocycles. The molecule has 3 aromatic carbocycles. The summed E-state index contributed by atoms with van der Waals surface area (Å²) in [5.41, 5.74) is 2.43. The number of nitrogens with one attached hydrogen (secondary N) is 1. The minimum Gasteiger partial charge on any atom is -0.497 e. The first kappa shape index (κ1) is 27.9. The van der Waals surface area contributed by atoms with E-state index in [4.69, 9.17) is 4.74 Å². The largest absolute Gasteiger partial charge is 0.497 e. The van der Waals surface area contributed by atoms with Gasteiger partial charge in [-0.1, -0.05) is 36.4 Å². The average Bonchev–Trinajstić information content (AvgIpc) is 3.10. The fourth-order valence-electron chi connectivity index (χ4n) is 5.48. The van der Waals surface area contributed by atoms with E-state index in [-0.39, 0.29) is 31.0 Å². The van der Waals surface area contributed by atoms with Crippen LogP contribution in [0.15, 0.2) is 84.1 Å². The molecular weight excluding hydrogens is 537 g/mol. The maximum absolute atomic E-state index is 13.9. The van der Waals surface area contributed by atoms with Crippen molar-refractivity contribution in [3.63, 3.8) is 0 Å². The number of hydrogen-bond acceptors (Lipinski definition) is 5. The number of ether oxygens (including phenoxy) is 1. The van der Waals surface area contributed by atoms with E-state index in [1.807, 2.05) is 0 Å². The molecule has 0 radical (unpaired) electrons. The van der Waals surface area contributed by atoms with Crippen LogP contribution < -0.4 is 15.0 Å². The third-order valence-electron chi connectivity index (χ3n) is 7.45. The van der Waals surface area contributed by atoms with Crippen molar-refractivity contribution in [3.05, 3.63) is 101 Å². The number of anilines is 2. The normalized spacial score (nSPS) is 18.6. The fraction of sp³-hybridized carbons (Fsp3) is 0.258. The molecule has 41 heavy (non-hydrogen) atoms. The van der Waals surface area contributed by atoms with E-state index in [1.165, 1.54) is 24.1 Å². The Hall–Kier alpha value is -4.60. The highest BCUT2D eigenvalue weighted by Gasteiger charge is 2.41. The smallest absolute Gasteiger partial charge is 0.416 e. The predicted octanol–water partition coefficient (Wildman–Crippen LogP) is 6.48. The molecule has 1 heterocycles. The van der Waals surface area contributed by atoms with Gasteiger partial charge in [-0.05, 0) is 59.9 Å². The van der Waals surface area contributed by atoms with Crippen LogP contribution >= 0.6 is 0 Å². The topological polar surface area (TPSA) is 95.9 Å². The number of halogens is 3. The second-order valence-electron chi connectivity index (χ2n) is 10.0. The average molecular weight is 565 g/mol. The van der Waals surface area contributed by atoms with E-state index in [0.717, 1.165) is 12.1 Å². The Bertz CT molecular complexity index is 1510. The number of allylic oxidation sites excluding steroid dienone is 1. The number of ketones is 1. The van der Waals surface area contributed by atoms with Crippen LogP contribution in [-0.2, 0) is 20.6 Å². The Morgan fingerprint density at radius 2 is 1.61 bits per heavy atom. The van der Waals surface area contributed by atoms with Gasteiger partial charge in [0.05, 0.1) is 36.5 Å². The molecule has 1 aliphatic carbocycles. The number of alkyl halides is 3. The summed E-state index contributed by atoms with van der Waals surface area (Å²) in [6.07, 6.45) is -4.76. The summed E-state index contributed by atoms with van der Waals surface area (Å²) < 4.78 is 44.7. The van der Waals surface area contributed by atoms with Crippen molar-refractivity contribution < 1.29 is 37.4 Å². The van der Waals surface area contributed by atoms with Crippen LogP contribution in [0, 0.1) is 0 Å². The summed E-state index contributed by atoms with van der Waals surface area (Å²) in [5.74, 6) is -1.64. The summed E-state index contributed by atoms with van der Waals surface area (Å²) >= 11 is 0. The lowest BCUT2D eigenvalue weighted by molar-refractivity contribution is -0.138. The standard InChI is InChI=1S/C31H27F3N2O5/c1-41-22-12-8-19(9-13-22)30-29-24(16-20(17-26(29)37)18-6-10-21(11-7-18)31(32,33)34)35-23-4-2-3-5-25(23)36(30)27(38)14-15-28(39)40/h2-13,20,30,35H,14-17H2,1H3,(H,39,40)/t20-,30-/m0/s1. The molecule has 2 N–H and O–H groups in total. The maximum atomic E-state index is 13.9. The molecule has 1 aliphatic heterocycles. The number of carboxylic acid groups (broad SMARTS) is 1. The Kier molecular flexibility index (Phi) is 7.57. The Morgan fingerprint density at radius 3 is 2.24 bits per heavy atom. The lowest BCUT2D eigenvalue weighted by Gasteiger charge is -2.35. The van der Waals surface area contributed by atoms with Crippen LogP contribution in [0.4, 0.5) is 24.5 Å². The van der Waals surface area contributed by atoms with E-state index in [1.54, 1.807) is 48.5 Å². The lowest BCUT2D eigenvalue weighted by atomic mass is 9.78. The van der Waals surface area contributed by atoms with Crippen LogP contribution in [-0.4, -0.2) is 29.9 Å². The van der Waals surface area contributed by atoms with Crippen LogP contribution in [0.25, 0.3) is 0 Å². The van der Waals surface area contributed by atoms with E-state index < -0.39 is 29.7 Å². The lowest BCUT2D eigenvalue weighted by Crippen LogP contribution is -2.38. The van der Waals surface area contributed by atoms with Crippen molar-refractivity contribution >= 4 is 29.0 Å². The first-order valence-electron chi connectivity index (χ1n) is 13.0. The number of aliphatic carboxylic acids is 1. The first-order chi connectivity index (χ1) is 19.6. The molecule has 5 rings (SSSR count). The SMILES string of the molecule is COc1ccc([C@H]2C3=C(C[C@H](c4ccc(C(F)(F)F)cc4)CC3=O)Nc3ccccc3N2C(=O)CCC(=O)O)cc1. The van der Waals surface area contributed by atoms with E-state index in [0.29, 0.717) is 45.9 Å². The highest BCUT2D eigenvalue weighted by molar-refractivity contribution is 6.06. The summed E-state index contributed by atoms with van der Waals surface area (Å²) in [7, 11) is 1.52. The van der Waals surface area contributed by atoms with Gasteiger partial charge < -0.3 is 15.2 Å². The fourth-order valence-corrected chi connectivity index (χ4v) is 5.48. The van der Waals surface area contributed by atoms with E-state index in [2.05, 4.69) is 5.32 Å². The summed E-state index contributed by atoms with van der Waals surface area (Å²) in [6, 6.07) is 17.9. The van der Waals surface area contributed by atoms with Crippen molar-refractivity contribution in [1.82, 2.24) is 0 Å². The molecule has 0 spiro atoms. The molecule has 0 saturated carbocycles. The van der Waals surface area contributed by atoms with Crippen molar-refractivity contribution in [2.24, 2.45) is 0 Å². The molecule has 0 saturated heterocycles. The summed E-state index contributed by atoms with van der Waals surface area (Å²) in [6.45, 7) is 0. The zero-order valence-corrected chi connectivity index (χ0v) is 22.1. The minimum absolute atomic E-state index is 0.0338. The van der Waals surface area contributed by atoms with Crippen LogP contribution in [0.3, 0.4) is 0 Å². The molecule has 0 bridgehead atoms. The number of carbonyl (C=O) groups is 3. The van der Waals surface area contributed by atoms with Crippen molar-refractivity contribution in [3.8, 4) is 5.75 Å². The first-order valence-corrected chi connectivity index (χ1v) is 13.0. The number of Topliss-reactive ketones (excluding diaryl/α,β-unsaturated/α-hetero) is 1. The third-order valence-corrected chi connectivity index (χ3v) is 7.45. The van der Waals surface area contributed by atoms with Gasteiger partial charge in [-0.15, -0.1) is 0 Å². The van der Waals surface area contributed by atoms with E-state index in [9.17, 15) is 32.7 Å². The van der Waals surface area contributed by atoms with Crippen LogP contribution in [0.5, 0.6) is 5.75 Å². The number of rotatable bonds is 6. The molecule has 212 valence electrons. The van der Waals surface area contributed by atoms with Gasteiger partial charge in [0.25, 0.3) is 0 Å².